The number of nitrogens with one attached hydrogen (secondary N) is 1. The van der Waals surface area contributed by atoms with Crippen LogP contribution in [0.2, 0.25) is 0 Å². The fourth-order valence-corrected chi connectivity index (χ4v) is 5.44. The van der Waals surface area contributed by atoms with Crippen molar-refractivity contribution in [2.75, 3.05) is 13.2 Å². The lowest BCUT2D eigenvalue weighted by atomic mass is 9.74. The van der Waals surface area contributed by atoms with Gasteiger partial charge in [0, 0.05) is 24.9 Å². The van der Waals surface area contributed by atoms with Crippen molar-refractivity contribution in [1.82, 2.24) is 10.2 Å². The molecule has 1 saturated carbocycles. The molecule has 0 spiro atoms. The van der Waals surface area contributed by atoms with E-state index in [4.69, 9.17) is 0 Å². The Bertz CT molecular complexity index is 706. The Morgan fingerprint density at radius 3 is 2.50 bits per heavy atom. The zero-order chi connectivity index (χ0) is 19.5. The quantitative estimate of drug-likeness (QED) is 0.753. The van der Waals surface area contributed by atoms with Gasteiger partial charge in [-0.25, -0.2) is 0 Å². The molecule has 2 fully saturated rings. The molecule has 4 heteroatoms. The minimum absolute atomic E-state index is 0.0310. The van der Waals surface area contributed by atoms with Gasteiger partial charge in [-0.1, -0.05) is 50.1 Å². The van der Waals surface area contributed by atoms with E-state index in [1.54, 1.807) is 0 Å². The van der Waals surface area contributed by atoms with Crippen LogP contribution in [0, 0.1) is 0 Å². The molecule has 0 radical (unpaired) electrons. The summed E-state index contributed by atoms with van der Waals surface area (Å²) in [6.07, 6.45) is 11.6. The summed E-state index contributed by atoms with van der Waals surface area (Å²) < 4.78 is 0. The molecule has 2 aliphatic carbocycles. The summed E-state index contributed by atoms with van der Waals surface area (Å²) in [7, 11) is 0. The van der Waals surface area contributed by atoms with Crippen molar-refractivity contribution < 1.29 is 9.90 Å². The Hall–Kier alpha value is -1.65. The average molecular weight is 383 g/mol. The molecule has 152 valence electrons. The van der Waals surface area contributed by atoms with Gasteiger partial charge in [0.15, 0.2) is 0 Å². The molecule has 0 bridgehead atoms. The third-order valence-electron chi connectivity index (χ3n) is 7.00. The Balaban J connectivity index is 1.52. The molecule has 1 aliphatic heterocycles. The summed E-state index contributed by atoms with van der Waals surface area (Å²) in [6.45, 7) is 2.77. The second-order valence-corrected chi connectivity index (χ2v) is 8.63. The van der Waals surface area contributed by atoms with Crippen LogP contribution in [0.4, 0.5) is 0 Å². The second kappa shape index (κ2) is 8.79. The molecule has 0 aromatic heterocycles. The summed E-state index contributed by atoms with van der Waals surface area (Å²) >= 11 is 0. The molecule has 1 aromatic rings. The average Bonchev–Trinajstić information content (AvgIpc) is 3.42. The first-order valence-corrected chi connectivity index (χ1v) is 11.2. The van der Waals surface area contributed by atoms with Crippen molar-refractivity contribution in [1.29, 1.82) is 0 Å². The maximum absolute atomic E-state index is 12.6. The number of aliphatic hydroxyl groups is 1. The molecular formula is C24H34N2O2. The zero-order valence-electron chi connectivity index (χ0n) is 17.1. The highest BCUT2D eigenvalue weighted by Gasteiger charge is 2.50. The minimum Gasteiger partial charge on any atom is -0.394 e. The van der Waals surface area contributed by atoms with E-state index in [-0.39, 0.29) is 30.5 Å². The number of benzene rings is 1. The summed E-state index contributed by atoms with van der Waals surface area (Å²) in [5, 5.41) is 13.7. The Morgan fingerprint density at radius 2 is 1.89 bits per heavy atom. The first-order chi connectivity index (χ1) is 13.7. The van der Waals surface area contributed by atoms with E-state index in [1.165, 1.54) is 61.6 Å². The molecule has 1 amide bonds. The van der Waals surface area contributed by atoms with Crippen molar-refractivity contribution in [3.8, 4) is 0 Å². The summed E-state index contributed by atoms with van der Waals surface area (Å²) in [4.78, 5) is 14.5. The first kappa shape index (κ1) is 19.7. The standard InChI is InChI=1S/C24H34N2O2/c1-2-23(28)26-21(15-25-20-9-5-6-10-20)24(22(26)16-27)19-13-11-18(12-14-19)17-7-3-4-8-17/h7,11-14,20-22,24-25,27H,2-6,8-10,15-16H2,1H3/t21-,22+,24+/m0/s1. The molecule has 28 heavy (non-hydrogen) atoms. The van der Waals surface area contributed by atoms with E-state index < -0.39 is 0 Å². The van der Waals surface area contributed by atoms with Gasteiger partial charge in [-0.3, -0.25) is 4.79 Å². The highest BCUT2D eigenvalue weighted by Crippen LogP contribution is 2.41. The van der Waals surface area contributed by atoms with Crippen molar-refractivity contribution in [2.45, 2.75) is 82.3 Å². The number of aliphatic hydroxyl groups excluding tert-OH is 1. The van der Waals surface area contributed by atoms with Crippen molar-refractivity contribution in [3.63, 3.8) is 0 Å². The number of likely N-dealkylation sites (tertiary alicyclic amines) is 1. The molecule has 3 aliphatic rings. The monoisotopic (exact) mass is 382 g/mol. The van der Waals surface area contributed by atoms with Crippen LogP contribution in [0.15, 0.2) is 30.3 Å². The van der Waals surface area contributed by atoms with E-state index in [0.717, 1.165) is 6.54 Å². The number of carbonyl (C=O) groups is 1. The summed E-state index contributed by atoms with van der Waals surface area (Å²) in [6, 6.07) is 9.53. The van der Waals surface area contributed by atoms with Gasteiger partial charge < -0.3 is 15.3 Å². The Morgan fingerprint density at radius 1 is 1.14 bits per heavy atom. The van der Waals surface area contributed by atoms with E-state index in [2.05, 4.69) is 35.7 Å². The molecule has 1 aromatic carbocycles. The van der Waals surface area contributed by atoms with Crippen LogP contribution >= 0.6 is 0 Å². The number of amides is 1. The van der Waals surface area contributed by atoms with Crippen LogP contribution in [0.5, 0.6) is 0 Å². The SMILES string of the molecule is CCC(=O)N1[C@H](CO)[C@H](c2ccc(C3=CCCC3)cc2)[C@@H]1CNC1CCCC1. The van der Waals surface area contributed by atoms with Crippen LogP contribution in [-0.2, 0) is 4.79 Å². The Labute approximate surface area is 169 Å². The molecular weight excluding hydrogens is 348 g/mol. The number of rotatable bonds is 7. The summed E-state index contributed by atoms with van der Waals surface area (Å²) in [5.74, 6) is 0.363. The zero-order valence-corrected chi connectivity index (χ0v) is 17.1. The van der Waals surface area contributed by atoms with Gasteiger partial charge in [0.1, 0.15) is 0 Å². The molecule has 1 saturated heterocycles. The van der Waals surface area contributed by atoms with Crippen molar-refractivity contribution in [2.24, 2.45) is 0 Å². The van der Waals surface area contributed by atoms with Gasteiger partial charge in [-0.05, 0) is 48.8 Å². The molecule has 3 atom stereocenters. The third kappa shape index (κ3) is 3.77. The van der Waals surface area contributed by atoms with Crippen molar-refractivity contribution in [3.05, 3.63) is 41.5 Å². The van der Waals surface area contributed by atoms with Gasteiger partial charge in [-0.15, -0.1) is 0 Å². The lowest BCUT2D eigenvalue weighted by Crippen LogP contribution is -2.68. The fraction of sp³-hybridized carbons (Fsp3) is 0.625. The number of carbonyl (C=O) groups excluding carboxylic acids is 1. The van der Waals surface area contributed by atoms with Gasteiger partial charge >= 0.3 is 0 Å². The predicted octanol–water partition coefficient (Wildman–Crippen LogP) is 3.85. The number of hydrogen-bond acceptors (Lipinski definition) is 3. The summed E-state index contributed by atoms with van der Waals surface area (Å²) in [5.41, 5.74) is 4.03. The van der Waals surface area contributed by atoms with Crippen LogP contribution in [-0.4, -0.2) is 47.2 Å². The topological polar surface area (TPSA) is 52.6 Å². The van der Waals surface area contributed by atoms with Crippen LogP contribution in [0.1, 0.15) is 75.3 Å². The number of hydrogen-bond donors (Lipinski definition) is 2. The van der Waals surface area contributed by atoms with E-state index in [1.807, 2.05) is 11.8 Å². The normalized spacial score (nSPS) is 27.7. The van der Waals surface area contributed by atoms with E-state index >= 15 is 0 Å². The minimum atomic E-state index is -0.0978. The van der Waals surface area contributed by atoms with Crippen LogP contribution in [0.3, 0.4) is 0 Å². The highest BCUT2D eigenvalue weighted by molar-refractivity contribution is 5.78. The largest absolute Gasteiger partial charge is 0.394 e. The molecule has 1 heterocycles. The molecule has 4 rings (SSSR count). The highest BCUT2D eigenvalue weighted by atomic mass is 16.3. The molecule has 2 N–H and O–H groups in total. The smallest absolute Gasteiger partial charge is 0.222 e. The van der Waals surface area contributed by atoms with Gasteiger partial charge in [0.25, 0.3) is 0 Å². The molecule has 0 unspecified atom stereocenters. The third-order valence-corrected chi connectivity index (χ3v) is 7.00. The van der Waals surface area contributed by atoms with Gasteiger partial charge in [0.05, 0.1) is 18.7 Å². The fourth-order valence-electron chi connectivity index (χ4n) is 5.44. The maximum Gasteiger partial charge on any atom is 0.222 e. The van der Waals surface area contributed by atoms with Crippen molar-refractivity contribution >= 4 is 11.5 Å². The first-order valence-electron chi connectivity index (χ1n) is 11.2. The second-order valence-electron chi connectivity index (χ2n) is 8.63. The maximum atomic E-state index is 12.6. The lowest BCUT2D eigenvalue weighted by Gasteiger charge is -2.55. The van der Waals surface area contributed by atoms with Gasteiger partial charge in [-0.2, -0.15) is 0 Å². The van der Waals surface area contributed by atoms with Crippen LogP contribution in [0.25, 0.3) is 5.57 Å². The van der Waals surface area contributed by atoms with Gasteiger partial charge in [0.2, 0.25) is 5.91 Å². The van der Waals surface area contributed by atoms with E-state index in [9.17, 15) is 9.90 Å². The lowest BCUT2D eigenvalue weighted by molar-refractivity contribution is -0.150. The number of allylic oxidation sites excluding steroid dienone is 2. The van der Waals surface area contributed by atoms with E-state index in [0.29, 0.717) is 12.5 Å². The molecule has 4 nitrogen and oxygen atoms in total. The number of nitrogens with zero attached hydrogens (tertiary/aromatic N) is 1. The predicted molar refractivity (Wildman–Crippen MR) is 113 cm³/mol. The van der Waals surface area contributed by atoms with Crippen LogP contribution < -0.4 is 5.32 Å². The Kier molecular flexibility index (Phi) is 6.17.